The van der Waals surface area contributed by atoms with Gasteiger partial charge < -0.3 is 15.0 Å². The first kappa shape index (κ1) is 18.2. The van der Waals surface area contributed by atoms with Gasteiger partial charge in [-0.15, -0.1) is 0 Å². The van der Waals surface area contributed by atoms with Crippen molar-refractivity contribution in [1.82, 2.24) is 4.57 Å². The van der Waals surface area contributed by atoms with Crippen molar-refractivity contribution in [2.24, 2.45) is 0 Å². The largest absolute Gasteiger partial charge is 0.389 e. The fourth-order valence-electron chi connectivity index (χ4n) is 3.51. The highest BCUT2D eigenvalue weighted by Crippen LogP contribution is 2.33. The number of aliphatic hydroxyl groups excluding tert-OH is 1. The van der Waals surface area contributed by atoms with Crippen LogP contribution < -0.4 is 5.32 Å². The summed E-state index contributed by atoms with van der Waals surface area (Å²) in [6.45, 7) is 2.99. The maximum atomic E-state index is 10.6. The van der Waals surface area contributed by atoms with Gasteiger partial charge in [-0.25, -0.2) is 0 Å². The molecule has 0 amide bonds. The van der Waals surface area contributed by atoms with Crippen LogP contribution in [0.3, 0.4) is 0 Å². The number of aliphatic hydroxyl groups is 1. The van der Waals surface area contributed by atoms with Crippen LogP contribution in [-0.4, -0.2) is 22.3 Å². The van der Waals surface area contributed by atoms with Crippen molar-refractivity contribution < 1.29 is 5.11 Å². The predicted octanol–water partition coefficient (Wildman–Crippen LogP) is 5.88. The number of benzene rings is 3. The second-order valence-electron chi connectivity index (χ2n) is 6.84. The number of nitrogens with zero attached hydrogens (tertiary/aromatic N) is 1. The third-order valence-electron chi connectivity index (χ3n) is 4.74. The zero-order chi connectivity index (χ0) is 19.0. The Kier molecular flexibility index (Phi) is 5.00. The molecule has 2 N–H and O–H groups in total. The van der Waals surface area contributed by atoms with Gasteiger partial charge in [-0.2, -0.15) is 0 Å². The molecular formula is C22H20Cl2N2O. The molecule has 3 aromatic carbocycles. The van der Waals surface area contributed by atoms with Gasteiger partial charge in [-0.1, -0.05) is 35.3 Å². The first-order valence-electron chi connectivity index (χ1n) is 8.87. The predicted molar refractivity (Wildman–Crippen MR) is 115 cm³/mol. The van der Waals surface area contributed by atoms with Gasteiger partial charge in [0.1, 0.15) is 0 Å². The van der Waals surface area contributed by atoms with Crippen LogP contribution in [0.15, 0.2) is 60.7 Å². The van der Waals surface area contributed by atoms with E-state index in [1.165, 1.54) is 5.56 Å². The average Bonchev–Trinajstić information content (AvgIpc) is 2.92. The standard InChI is InChI=1S/C22H20Cl2N2O/c1-14-3-2-4-17(9-14)25-12-18(27)13-26-21-7-5-15(23)10-19(21)20-11-16(24)6-8-22(20)26/h2-11,18,25,27H,12-13H2,1H3/t18-/m0/s1. The Bertz CT molecular complexity index is 1060. The number of aromatic nitrogens is 1. The Balaban J connectivity index is 1.64. The first-order chi connectivity index (χ1) is 13.0. The van der Waals surface area contributed by atoms with E-state index < -0.39 is 6.10 Å². The highest BCUT2D eigenvalue weighted by molar-refractivity contribution is 6.33. The van der Waals surface area contributed by atoms with E-state index in [1.807, 2.05) is 48.5 Å². The van der Waals surface area contributed by atoms with Crippen LogP contribution in [0.2, 0.25) is 10.0 Å². The van der Waals surface area contributed by atoms with Crippen molar-refractivity contribution in [3.63, 3.8) is 0 Å². The minimum Gasteiger partial charge on any atom is -0.389 e. The van der Waals surface area contributed by atoms with E-state index in [-0.39, 0.29) is 0 Å². The normalized spacial score (nSPS) is 12.6. The van der Waals surface area contributed by atoms with E-state index in [2.05, 4.69) is 28.9 Å². The van der Waals surface area contributed by atoms with E-state index in [1.54, 1.807) is 0 Å². The lowest BCUT2D eigenvalue weighted by atomic mass is 10.1. The quantitative estimate of drug-likeness (QED) is 0.440. The van der Waals surface area contributed by atoms with Crippen LogP contribution in [0.5, 0.6) is 0 Å². The summed E-state index contributed by atoms with van der Waals surface area (Å²) in [7, 11) is 0. The number of halogens is 2. The first-order valence-corrected chi connectivity index (χ1v) is 9.62. The Hall–Kier alpha value is -2.20. The molecule has 138 valence electrons. The third-order valence-corrected chi connectivity index (χ3v) is 5.21. The topological polar surface area (TPSA) is 37.2 Å². The fraction of sp³-hybridized carbons (Fsp3) is 0.182. The second-order valence-corrected chi connectivity index (χ2v) is 7.71. The second kappa shape index (κ2) is 7.43. The molecule has 0 saturated carbocycles. The highest BCUT2D eigenvalue weighted by atomic mass is 35.5. The molecule has 1 atom stereocenters. The molecule has 0 aliphatic heterocycles. The zero-order valence-corrected chi connectivity index (χ0v) is 16.4. The Morgan fingerprint density at radius 3 is 2.15 bits per heavy atom. The molecule has 0 aliphatic carbocycles. The van der Waals surface area contributed by atoms with E-state index >= 15 is 0 Å². The minimum atomic E-state index is -0.546. The highest BCUT2D eigenvalue weighted by Gasteiger charge is 2.14. The number of rotatable bonds is 5. The zero-order valence-electron chi connectivity index (χ0n) is 14.9. The fourth-order valence-corrected chi connectivity index (χ4v) is 3.86. The molecule has 0 fully saturated rings. The van der Waals surface area contributed by atoms with Gasteiger partial charge in [0.2, 0.25) is 0 Å². The van der Waals surface area contributed by atoms with E-state index in [0.29, 0.717) is 23.1 Å². The lowest BCUT2D eigenvalue weighted by Gasteiger charge is -2.16. The van der Waals surface area contributed by atoms with Crippen LogP contribution in [0, 0.1) is 6.92 Å². The van der Waals surface area contributed by atoms with Gasteiger partial charge >= 0.3 is 0 Å². The minimum absolute atomic E-state index is 0.464. The lowest BCUT2D eigenvalue weighted by molar-refractivity contribution is 0.169. The SMILES string of the molecule is Cc1cccc(NC[C@H](O)Cn2c3ccc(Cl)cc3c3cc(Cl)ccc32)c1. The van der Waals surface area contributed by atoms with Gasteiger partial charge in [0.05, 0.1) is 12.6 Å². The van der Waals surface area contributed by atoms with Gasteiger partial charge in [0, 0.05) is 44.1 Å². The van der Waals surface area contributed by atoms with Crippen molar-refractivity contribution in [2.45, 2.75) is 19.6 Å². The molecule has 0 aliphatic rings. The van der Waals surface area contributed by atoms with Crippen molar-refractivity contribution in [3.8, 4) is 0 Å². The summed E-state index contributed by atoms with van der Waals surface area (Å²) in [6.07, 6.45) is -0.546. The Morgan fingerprint density at radius 1 is 0.926 bits per heavy atom. The van der Waals surface area contributed by atoms with Crippen molar-refractivity contribution in [2.75, 3.05) is 11.9 Å². The molecule has 1 heterocycles. The summed E-state index contributed by atoms with van der Waals surface area (Å²) in [5.74, 6) is 0. The summed E-state index contributed by atoms with van der Waals surface area (Å²) in [5.41, 5.74) is 4.26. The Morgan fingerprint density at radius 2 is 1.56 bits per heavy atom. The number of hydrogen-bond acceptors (Lipinski definition) is 2. The smallest absolute Gasteiger partial charge is 0.0891 e. The molecule has 1 aromatic heterocycles. The molecule has 4 rings (SSSR count). The molecule has 27 heavy (non-hydrogen) atoms. The maximum Gasteiger partial charge on any atom is 0.0891 e. The molecule has 0 spiro atoms. The van der Waals surface area contributed by atoms with E-state index in [9.17, 15) is 5.11 Å². The van der Waals surface area contributed by atoms with Crippen LogP contribution in [0.1, 0.15) is 5.56 Å². The van der Waals surface area contributed by atoms with Gasteiger partial charge in [0.25, 0.3) is 0 Å². The molecule has 5 heteroatoms. The van der Waals surface area contributed by atoms with Crippen molar-refractivity contribution >= 4 is 50.7 Å². The summed E-state index contributed by atoms with van der Waals surface area (Å²) >= 11 is 12.4. The maximum absolute atomic E-state index is 10.6. The summed E-state index contributed by atoms with van der Waals surface area (Å²) < 4.78 is 2.12. The molecule has 0 unspecified atom stereocenters. The number of hydrogen-bond donors (Lipinski definition) is 2. The van der Waals surface area contributed by atoms with Gasteiger partial charge in [-0.05, 0) is 61.0 Å². The number of aryl methyl sites for hydroxylation is 1. The molecule has 4 aromatic rings. The number of fused-ring (bicyclic) bond motifs is 3. The van der Waals surface area contributed by atoms with Crippen molar-refractivity contribution in [1.29, 1.82) is 0 Å². The van der Waals surface area contributed by atoms with Crippen molar-refractivity contribution in [3.05, 3.63) is 76.3 Å². The molecule has 0 radical (unpaired) electrons. The summed E-state index contributed by atoms with van der Waals surface area (Å²) in [4.78, 5) is 0. The summed E-state index contributed by atoms with van der Waals surface area (Å²) in [6, 6.07) is 19.8. The molecule has 0 saturated heterocycles. The van der Waals surface area contributed by atoms with Gasteiger partial charge in [-0.3, -0.25) is 0 Å². The lowest BCUT2D eigenvalue weighted by Crippen LogP contribution is -2.24. The van der Waals surface area contributed by atoms with Crippen LogP contribution in [-0.2, 0) is 6.54 Å². The molecule has 3 nitrogen and oxygen atoms in total. The van der Waals surface area contributed by atoms with Crippen LogP contribution in [0.4, 0.5) is 5.69 Å². The van der Waals surface area contributed by atoms with E-state index in [0.717, 1.165) is 27.5 Å². The third kappa shape index (κ3) is 3.77. The van der Waals surface area contributed by atoms with Gasteiger partial charge in [0.15, 0.2) is 0 Å². The monoisotopic (exact) mass is 398 g/mol. The number of nitrogens with one attached hydrogen (secondary N) is 1. The molecular weight excluding hydrogens is 379 g/mol. The average molecular weight is 399 g/mol. The van der Waals surface area contributed by atoms with Crippen LogP contribution >= 0.6 is 23.2 Å². The van der Waals surface area contributed by atoms with Crippen LogP contribution in [0.25, 0.3) is 21.8 Å². The Labute approximate surface area is 168 Å². The number of anilines is 1. The van der Waals surface area contributed by atoms with E-state index in [4.69, 9.17) is 23.2 Å². The molecule has 0 bridgehead atoms. The summed E-state index contributed by atoms with van der Waals surface area (Å²) in [5, 5.41) is 17.4.